The van der Waals surface area contributed by atoms with Gasteiger partial charge in [-0.3, -0.25) is 14.6 Å². The lowest BCUT2D eigenvalue weighted by Gasteiger charge is -2.40. The van der Waals surface area contributed by atoms with Crippen molar-refractivity contribution >= 4 is 11.9 Å². The Morgan fingerprint density at radius 1 is 1.14 bits per heavy atom. The van der Waals surface area contributed by atoms with E-state index in [0.717, 1.165) is 11.3 Å². The molecule has 1 aliphatic rings. The van der Waals surface area contributed by atoms with Gasteiger partial charge < -0.3 is 14.4 Å². The number of rotatable bonds is 6. The first kappa shape index (κ1) is 19.9. The minimum absolute atomic E-state index is 0.0463. The molecule has 0 saturated carbocycles. The molecule has 3 rings (SSSR count). The van der Waals surface area contributed by atoms with E-state index in [-0.39, 0.29) is 11.9 Å². The van der Waals surface area contributed by atoms with Crippen LogP contribution in [-0.4, -0.2) is 48.6 Å². The van der Waals surface area contributed by atoms with Crippen LogP contribution in [0.15, 0.2) is 48.8 Å². The number of methoxy groups -OCH3 is 1. The first-order valence-electron chi connectivity index (χ1n) is 9.57. The molecule has 0 atom stereocenters. The number of esters is 1. The van der Waals surface area contributed by atoms with Crippen LogP contribution >= 0.6 is 0 Å². The molecule has 1 aliphatic heterocycles. The summed E-state index contributed by atoms with van der Waals surface area (Å²) < 4.78 is 10.6. The van der Waals surface area contributed by atoms with E-state index >= 15 is 0 Å². The summed E-state index contributed by atoms with van der Waals surface area (Å²) in [6.45, 7) is 3.20. The van der Waals surface area contributed by atoms with E-state index in [4.69, 9.17) is 9.47 Å². The highest BCUT2D eigenvalue weighted by Gasteiger charge is 2.43. The first-order valence-corrected chi connectivity index (χ1v) is 9.57. The number of hydrogen-bond acceptors (Lipinski definition) is 5. The summed E-state index contributed by atoms with van der Waals surface area (Å²) in [4.78, 5) is 31.3. The van der Waals surface area contributed by atoms with Crippen LogP contribution in [0.2, 0.25) is 0 Å². The molecule has 0 bridgehead atoms. The Kier molecular flexibility index (Phi) is 6.29. The van der Waals surface area contributed by atoms with Crippen molar-refractivity contribution in [3.63, 3.8) is 0 Å². The van der Waals surface area contributed by atoms with Gasteiger partial charge in [-0.15, -0.1) is 0 Å². The van der Waals surface area contributed by atoms with E-state index in [1.165, 1.54) is 0 Å². The lowest BCUT2D eigenvalue weighted by atomic mass is 9.73. The highest BCUT2D eigenvalue weighted by molar-refractivity contribution is 5.94. The largest absolute Gasteiger partial charge is 0.497 e. The van der Waals surface area contributed by atoms with Gasteiger partial charge in [0.2, 0.25) is 0 Å². The minimum atomic E-state index is -0.615. The Hall–Kier alpha value is -2.89. The number of piperidine rings is 1. The average Bonchev–Trinajstić information content (AvgIpc) is 2.75. The van der Waals surface area contributed by atoms with Crippen LogP contribution in [0.5, 0.6) is 5.75 Å². The summed E-state index contributed by atoms with van der Waals surface area (Å²) in [6, 6.07) is 11.3. The fourth-order valence-electron chi connectivity index (χ4n) is 3.68. The van der Waals surface area contributed by atoms with Crippen LogP contribution in [0.1, 0.15) is 35.7 Å². The van der Waals surface area contributed by atoms with Crippen molar-refractivity contribution in [2.45, 2.75) is 26.2 Å². The highest BCUT2D eigenvalue weighted by atomic mass is 16.5. The van der Waals surface area contributed by atoms with Crippen molar-refractivity contribution < 1.29 is 19.1 Å². The van der Waals surface area contributed by atoms with Gasteiger partial charge in [0.15, 0.2) is 0 Å². The van der Waals surface area contributed by atoms with Crippen LogP contribution in [0.25, 0.3) is 0 Å². The molecule has 1 amide bonds. The molecule has 6 nitrogen and oxygen atoms in total. The van der Waals surface area contributed by atoms with E-state index in [2.05, 4.69) is 4.98 Å². The van der Waals surface area contributed by atoms with Crippen LogP contribution in [-0.2, 0) is 16.0 Å². The van der Waals surface area contributed by atoms with Gasteiger partial charge in [0, 0.05) is 25.5 Å². The maximum atomic E-state index is 12.8. The summed E-state index contributed by atoms with van der Waals surface area (Å²) >= 11 is 0. The maximum Gasteiger partial charge on any atom is 0.312 e. The Morgan fingerprint density at radius 2 is 1.86 bits per heavy atom. The number of carbonyl (C=O) groups is 2. The molecule has 1 aromatic heterocycles. The van der Waals surface area contributed by atoms with E-state index in [0.29, 0.717) is 44.5 Å². The van der Waals surface area contributed by atoms with E-state index in [1.807, 2.05) is 31.2 Å². The Labute approximate surface area is 165 Å². The highest BCUT2D eigenvalue weighted by Crippen LogP contribution is 2.37. The zero-order chi connectivity index (χ0) is 20.0. The molecule has 6 heteroatoms. The second-order valence-corrected chi connectivity index (χ2v) is 7.06. The van der Waals surface area contributed by atoms with E-state index < -0.39 is 5.41 Å². The fraction of sp³-hybridized carbons (Fsp3) is 0.409. The SMILES string of the molecule is CCOC(=O)C1(Cc2ccc(OC)cc2)CCN(C(=O)c2cccnc2)CC1. The maximum absolute atomic E-state index is 12.8. The van der Waals surface area contributed by atoms with Crippen molar-refractivity contribution in [3.8, 4) is 5.75 Å². The molecule has 0 unspecified atom stereocenters. The topological polar surface area (TPSA) is 68.7 Å². The van der Waals surface area contributed by atoms with Crippen LogP contribution in [0.4, 0.5) is 0 Å². The van der Waals surface area contributed by atoms with Crippen molar-refractivity contribution in [1.82, 2.24) is 9.88 Å². The third kappa shape index (κ3) is 4.32. The second-order valence-electron chi connectivity index (χ2n) is 7.06. The van der Waals surface area contributed by atoms with Crippen molar-refractivity contribution in [2.24, 2.45) is 5.41 Å². The molecule has 2 aromatic rings. The number of ether oxygens (including phenoxy) is 2. The standard InChI is InChI=1S/C22H26N2O4/c1-3-28-21(26)22(15-17-6-8-19(27-2)9-7-17)10-13-24(14-11-22)20(25)18-5-4-12-23-16-18/h4-9,12,16H,3,10-11,13-15H2,1-2H3. The lowest BCUT2D eigenvalue weighted by Crippen LogP contribution is -2.48. The monoisotopic (exact) mass is 382 g/mol. The average molecular weight is 382 g/mol. The van der Waals surface area contributed by atoms with Gasteiger partial charge in [0.05, 0.1) is 24.7 Å². The normalized spacial score (nSPS) is 15.7. The molecule has 148 valence electrons. The molecule has 1 saturated heterocycles. The minimum Gasteiger partial charge on any atom is -0.497 e. The predicted molar refractivity (Wildman–Crippen MR) is 105 cm³/mol. The molecular weight excluding hydrogens is 356 g/mol. The van der Waals surface area contributed by atoms with E-state index in [1.54, 1.807) is 36.5 Å². The Balaban J connectivity index is 1.74. The molecule has 1 aromatic carbocycles. The van der Waals surface area contributed by atoms with Gasteiger partial charge >= 0.3 is 5.97 Å². The number of amides is 1. The second kappa shape index (κ2) is 8.87. The molecule has 0 radical (unpaired) electrons. The number of likely N-dealkylation sites (tertiary alicyclic amines) is 1. The molecule has 0 N–H and O–H groups in total. The summed E-state index contributed by atoms with van der Waals surface area (Å²) in [5.74, 6) is 0.556. The van der Waals surface area contributed by atoms with E-state index in [9.17, 15) is 9.59 Å². The van der Waals surface area contributed by atoms with Crippen molar-refractivity contribution in [3.05, 3.63) is 59.9 Å². The number of benzene rings is 1. The Morgan fingerprint density at radius 3 is 2.43 bits per heavy atom. The van der Waals surface area contributed by atoms with Gasteiger partial charge in [-0.1, -0.05) is 12.1 Å². The fourth-order valence-corrected chi connectivity index (χ4v) is 3.68. The number of aromatic nitrogens is 1. The van der Waals surface area contributed by atoms with Crippen LogP contribution in [0.3, 0.4) is 0 Å². The summed E-state index contributed by atoms with van der Waals surface area (Å²) in [5.41, 5.74) is 1.01. The number of nitrogens with zero attached hydrogens (tertiary/aromatic N) is 2. The zero-order valence-corrected chi connectivity index (χ0v) is 16.4. The quantitative estimate of drug-likeness (QED) is 0.718. The smallest absolute Gasteiger partial charge is 0.312 e. The summed E-state index contributed by atoms with van der Waals surface area (Å²) in [6.07, 6.45) is 4.96. The third-order valence-corrected chi connectivity index (χ3v) is 5.33. The molecule has 1 fully saturated rings. The molecular formula is C22H26N2O4. The van der Waals surface area contributed by atoms with Crippen LogP contribution in [0, 0.1) is 5.41 Å². The number of pyridine rings is 1. The molecule has 0 aliphatic carbocycles. The van der Waals surface area contributed by atoms with Crippen molar-refractivity contribution in [1.29, 1.82) is 0 Å². The predicted octanol–water partition coefficient (Wildman–Crippen LogP) is 3.12. The molecule has 28 heavy (non-hydrogen) atoms. The van der Waals surface area contributed by atoms with Gasteiger partial charge in [-0.25, -0.2) is 0 Å². The first-order chi connectivity index (χ1) is 13.6. The van der Waals surface area contributed by atoms with Crippen LogP contribution < -0.4 is 4.74 Å². The Bertz CT molecular complexity index is 797. The molecule has 0 spiro atoms. The number of carbonyl (C=O) groups excluding carboxylic acids is 2. The number of hydrogen-bond donors (Lipinski definition) is 0. The van der Waals surface area contributed by atoms with Crippen molar-refractivity contribution in [2.75, 3.05) is 26.8 Å². The molecule has 2 heterocycles. The summed E-state index contributed by atoms with van der Waals surface area (Å²) in [7, 11) is 1.63. The zero-order valence-electron chi connectivity index (χ0n) is 16.4. The third-order valence-electron chi connectivity index (χ3n) is 5.33. The summed E-state index contributed by atoms with van der Waals surface area (Å²) in [5, 5.41) is 0. The van der Waals surface area contributed by atoms with Gasteiger partial charge in [-0.2, -0.15) is 0 Å². The van der Waals surface area contributed by atoms with Gasteiger partial charge in [0.25, 0.3) is 5.91 Å². The lowest BCUT2D eigenvalue weighted by molar-refractivity contribution is -0.158. The van der Waals surface area contributed by atoms with Gasteiger partial charge in [-0.05, 0) is 56.0 Å². The van der Waals surface area contributed by atoms with Gasteiger partial charge in [0.1, 0.15) is 5.75 Å².